The van der Waals surface area contributed by atoms with Crippen LogP contribution in [0.25, 0.3) is 0 Å². The molecule has 0 saturated heterocycles. The molecule has 41 heavy (non-hydrogen) atoms. The van der Waals surface area contributed by atoms with Crippen molar-refractivity contribution in [1.82, 2.24) is 4.90 Å². The average Bonchev–Trinajstić information content (AvgIpc) is 2.98. The fourth-order valence-electron chi connectivity index (χ4n) is 5.27. The van der Waals surface area contributed by atoms with Gasteiger partial charge in [-0.15, -0.1) is 0 Å². The van der Waals surface area contributed by atoms with Crippen LogP contribution in [0, 0.1) is 5.92 Å². The average molecular weight is 565 g/mol. The second-order valence-electron chi connectivity index (χ2n) is 10.5. The summed E-state index contributed by atoms with van der Waals surface area (Å²) in [6.07, 6.45) is 2.30. The standard InChI is InChI=1S/C33H44N2O6/c1-23(2)33(25-10-16-29(39-5)31(22-25)41-7,32(37)34-26-11-13-27(36)14-12-26)18-8-19-35(3)20-17-24-9-15-28(38-4)30(21-24)40-6/h9-16,21-23,36H,8,17-20H2,1-7H3,(H,34,37). The van der Waals surface area contributed by atoms with E-state index in [0.29, 0.717) is 23.6 Å². The Labute approximate surface area is 244 Å². The Morgan fingerprint density at radius 2 is 1.41 bits per heavy atom. The highest BCUT2D eigenvalue weighted by Crippen LogP contribution is 2.42. The third kappa shape index (κ3) is 7.64. The molecule has 3 aromatic rings. The molecule has 222 valence electrons. The Morgan fingerprint density at radius 3 is 2.00 bits per heavy atom. The molecule has 0 heterocycles. The van der Waals surface area contributed by atoms with Crippen LogP contribution in [0.5, 0.6) is 28.7 Å². The minimum absolute atomic E-state index is 0.0187. The summed E-state index contributed by atoms with van der Waals surface area (Å²) in [5, 5.41) is 12.8. The first-order valence-corrected chi connectivity index (χ1v) is 13.9. The van der Waals surface area contributed by atoms with Crippen molar-refractivity contribution in [2.45, 2.75) is 38.5 Å². The van der Waals surface area contributed by atoms with Crippen molar-refractivity contribution in [2.75, 3.05) is 53.9 Å². The molecule has 1 atom stereocenters. The van der Waals surface area contributed by atoms with E-state index in [1.54, 1.807) is 52.7 Å². The number of amides is 1. The molecule has 0 radical (unpaired) electrons. The number of benzene rings is 3. The van der Waals surface area contributed by atoms with Crippen LogP contribution >= 0.6 is 0 Å². The summed E-state index contributed by atoms with van der Waals surface area (Å²) in [5.41, 5.74) is 1.84. The lowest BCUT2D eigenvalue weighted by molar-refractivity contribution is -0.123. The van der Waals surface area contributed by atoms with Crippen LogP contribution in [0.4, 0.5) is 5.69 Å². The summed E-state index contributed by atoms with van der Waals surface area (Å²) in [6.45, 7) is 5.84. The zero-order valence-corrected chi connectivity index (χ0v) is 25.3. The van der Waals surface area contributed by atoms with Gasteiger partial charge in [0.05, 0.1) is 33.9 Å². The Balaban J connectivity index is 1.80. The van der Waals surface area contributed by atoms with E-state index in [1.165, 1.54) is 5.56 Å². The van der Waals surface area contributed by atoms with E-state index in [9.17, 15) is 9.90 Å². The second-order valence-corrected chi connectivity index (χ2v) is 10.5. The van der Waals surface area contributed by atoms with Crippen LogP contribution in [-0.2, 0) is 16.6 Å². The zero-order valence-electron chi connectivity index (χ0n) is 25.3. The number of carbonyl (C=O) groups is 1. The number of ether oxygens (including phenoxy) is 4. The van der Waals surface area contributed by atoms with Crippen LogP contribution in [0.3, 0.4) is 0 Å². The molecule has 3 rings (SSSR count). The highest BCUT2D eigenvalue weighted by molar-refractivity contribution is 5.99. The number of likely N-dealkylation sites (N-methyl/N-ethyl adjacent to an activating group) is 1. The number of methoxy groups -OCH3 is 4. The number of rotatable bonds is 15. The molecule has 0 aliphatic carbocycles. The van der Waals surface area contributed by atoms with Gasteiger partial charge in [0.1, 0.15) is 5.75 Å². The maximum atomic E-state index is 14.1. The molecular weight excluding hydrogens is 520 g/mol. The monoisotopic (exact) mass is 564 g/mol. The smallest absolute Gasteiger partial charge is 0.235 e. The first-order chi connectivity index (χ1) is 19.7. The maximum absolute atomic E-state index is 14.1. The van der Waals surface area contributed by atoms with Crippen molar-refractivity contribution in [1.29, 1.82) is 0 Å². The van der Waals surface area contributed by atoms with Gasteiger partial charge in [-0.25, -0.2) is 0 Å². The van der Waals surface area contributed by atoms with Crippen molar-refractivity contribution in [2.24, 2.45) is 5.92 Å². The zero-order chi connectivity index (χ0) is 30.0. The number of hydrogen-bond acceptors (Lipinski definition) is 7. The molecule has 0 saturated carbocycles. The third-order valence-corrected chi connectivity index (χ3v) is 7.76. The summed E-state index contributed by atoms with van der Waals surface area (Å²) in [7, 11) is 8.58. The summed E-state index contributed by atoms with van der Waals surface area (Å²) < 4.78 is 21.9. The summed E-state index contributed by atoms with van der Waals surface area (Å²) in [4.78, 5) is 16.4. The summed E-state index contributed by atoms with van der Waals surface area (Å²) >= 11 is 0. The molecule has 8 heteroatoms. The summed E-state index contributed by atoms with van der Waals surface area (Å²) in [5.74, 6) is 2.67. The van der Waals surface area contributed by atoms with Crippen LogP contribution in [0.2, 0.25) is 0 Å². The quantitative estimate of drug-likeness (QED) is 0.222. The number of nitrogens with zero attached hydrogens (tertiary/aromatic N) is 1. The van der Waals surface area contributed by atoms with Gasteiger partial charge in [-0.3, -0.25) is 4.79 Å². The molecule has 1 unspecified atom stereocenters. The normalized spacial score (nSPS) is 12.6. The van der Waals surface area contributed by atoms with Gasteiger partial charge in [0.15, 0.2) is 23.0 Å². The van der Waals surface area contributed by atoms with Gasteiger partial charge in [0, 0.05) is 12.2 Å². The fraction of sp³-hybridized carbons (Fsp3) is 0.424. The van der Waals surface area contributed by atoms with Crippen molar-refractivity contribution >= 4 is 11.6 Å². The number of nitrogens with one attached hydrogen (secondary N) is 1. The van der Waals surface area contributed by atoms with Gasteiger partial charge < -0.3 is 34.3 Å². The minimum atomic E-state index is -0.832. The first-order valence-electron chi connectivity index (χ1n) is 13.9. The van der Waals surface area contributed by atoms with Crippen molar-refractivity contribution < 1.29 is 28.8 Å². The molecule has 0 aliphatic rings. The lowest BCUT2D eigenvalue weighted by Gasteiger charge is -2.37. The van der Waals surface area contributed by atoms with Crippen LogP contribution in [0.15, 0.2) is 60.7 Å². The molecule has 0 bridgehead atoms. The van der Waals surface area contributed by atoms with Gasteiger partial charge in [0.25, 0.3) is 0 Å². The van der Waals surface area contributed by atoms with Crippen molar-refractivity contribution in [3.63, 3.8) is 0 Å². The lowest BCUT2D eigenvalue weighted by Crippen LogP contribution is -2.45. The maximum Gasteiger partial charge on any atom is 0.235 e. The summed E-state index contributed by atoms with van der Waals surface area (Å²) in [6, 6.07) is 18.3. The largest absolute Gasteiger partial charge is 0.508 e. The molecular formula is C33H44N2O6. The van der Waals surface area contributed by atoms with E-state index in [4.69, 9.17) is 18.9 Å². The van der Waals surface area contributed by atoms with E-state index in [1.807, 2.05) is 30.3 Å². The molecule has 0 aliphatic heterocycles. The number of phenolic OH excluding ortho intramolecular Hbond substituents is 1. The Morgan fingerprint density at radius 1 is 0.829 bits per heavy atom. The Bertz CT molecular complexity index is 1280. The minimum Gasteiger partial charge on any atom is -0.508 e. The van der Waals surface area contributed by atoms with E-state index in [0.717, 1.165) is 43.0 Å². The van der Waals surface area contributed by atoms with E-state index in [2.05, 4.69) is 37.2 Å². The molecule has 0 spiro atoms. The van der Waals surface area contributed by atoms with Gasteiger partial charge in [-0.05, 0) is 98.4 Å². The highest BCUT2D eigenvalue weighted by atomic mass is 16.5. The number of carbonyl (C=O) groups excluding carboxylic acids is 1. The number of hydrogen-bond donors (Lipinski definition) is 2. The van der Waals surface area contributed by atoms with Crippen molar-refractivity contribution in [3.05, 3.63) is 71.8 Å². The van der Waals surface area contributed by atoms with Crippen molar-refractivity contribution in [3.8, 4) is 28.7 Å². The Kier molecular flexibility index (Phi) is 11.3. The van der Waals surface area contributed by atoms with Crippen LogP contribution in [0.1, 0.15) is 37.8 Å². The number of aromatic hydroxyl groups is 1. The van der Waals surface area contributed by atoms with E-state index < -0.39 is 5.41 Å². The van der Waals surface area contributed by atoms with E-state index >= 15 is 0 Å². The number of phenols is 1. The predicted molar refractivity (Wildman–Crippen MR) is 163 cm³/mol. The predicted octanol–water partition coefficient (Wildman–Crippen LogP) is 5.91. The van der Waals surface area contributed by atoms with Crippen LogP contribution in [-0.4, -0.2) is 64.5 Å². The lowest BCUT2D eigenvalue weighted by atomic mass is 9.67. The topological polar surface area (TPSA) is 89.5 Å². The molecule has 8 nitrogen and oxygen atoms in total. The molecule has 0 fully saturated rings. The third-order valence-electron chi connectivity index (χ3n) is 7.76. The Hall–Kier alpha value is -3.91. The molecule has 2 N–H and O–H groups in total. The first kappa shape index (κ1) is 31.6. The molecule has 0 aromatic heterocycles. The molecule has 1 amide bonds. The van der Waals surface area contributed by atoms with Crippen LogP contribution < -0.4 is 24.3 Å². The van der Waals surface area contributed by atoms with Gasteiger partial charge >= 0.3 is 0 Å². The van der Waals surface area contributed by atoms with Gasteiger partial charge in [-0.1, -0.05) is 26.0 Å². The van der Waals surface area contributed by atoms with Gasteiger partial charge in [0.2, 0.25) is 5.91 Å². The molecule has 3 aromatic carbocycles. The highest BCUT2D eigenvalue weighted by Gasteiger charge is 2.43. The van der Waals surface area contributed by atoms with Gasteiger partial charge in [-0.2, -0.15) is 0 Å². The second kappa shape index (κ2) is 14.6. The fourth-order valence-corrected chi connectivity index (χ4v) is 5.27. The van der Waals surface area contributed by atoms with E-state index in [-0.39, 0.29) is 17.6 Å². The number of anilines is 1. The SMILES string of the molecule is COc1ccc(CCN(C)CCCC(C(=O)Nc2ccc(O)cc2)(c2ccc(OC)c(OC)c2)C(C)C)cc1OC.